The Labute approximate surface area is 125 Å². The Hall–Kier alpha value is -0.490. The van der Waals surface area contributed by atoms with Crippen LogP contribution in [0.1, 0.15) is 17.3 Å². The van der Waals surface area contributed by atoms with E-state index < -0.39 is 0 Å². The zero-order chi connectivity index (χ0) is 13.4. The van der Waals surface area contributed by atoms with Gasteiger partial charge >= 0.3 is 0 Å². The lowest BCUT2D eigenvalue weighted by atomic mass is 9.94. The number of hydrogen-bond acceptors (Lipinski definition) is 4. The first-order valence-electron chi connectivity index (χ1n) is 6.44. The summed E-state index contributed by atoms with van der Waals surface area (Å²) in [6.45, 7) is 2.10. The van der Waals surface area contributed by atoms with E-state index in [9.17, 15) is 0 Å². The average molecular weight is 341 g/mol. The molecule has 0 aliphatic carbocycles. The highest BCUT2D eigenvalue weighted by molar-refractivity contribution is 9.10. The van der Waals surface area contributed by atoms with E-state index >= 15 is 0 Å². The first-order chi connectivity index (χ1) is 9.17. The molecule has 1 saturated heterocycles. The second-order valence-corrected chi connectivity index (χ2v) is 7.07. The minimum absolute atomic E-state index is 0.253. The van der Waals surface area contributed by atoms with Crippen LogP contribution in [0, 0.1) is 0 Å². The summed E-state index contributed by atoms with van der Waals surface area (Å²) in [4.78, 5) is 7.14. The van der Waals surface area contributed by atoms with Crippen molar-refractivity contribution in [3.05, 3.63) is 27.7 Å². The van der Waals surface area contributed by atoms with Gasteiger partial charge in [-0.3, -0.25) is 0 Å². The molecule has 2 atom stereocenters. The van der Waals surface area contributed by atoms with Gasteiger partial charge in [0.05, 0.1) is 21.3 Å². The molecule has 2 unspecified atom stereocenters. The van der Waals surface area contributed by atoms with Crippen LogP contribution < -0.4 is 0 Å². The van der Waals surface area contributed by atoms with Crippen LogP contribution in [0.5, 0.6) is 0 Å². The van der Waals surface area contributed by atoms with Gasteiger partial charge in [-0.25, -0.2) is 4.98 Å². The predicted molar refractivity (Wildman–Crippen MR) is 83.0 cm³/mol. The molecule has 3 rings (SSSR count). The van der Waals surface area contributed by atoms with E-state index in [2.05, 4.69) is 46.1 Å². The van der Waals surface area contributed by atoms with Crippen LogP contribution in [0.25, 0.3) is 10.2 Å². The van der Waals surface area contributed by atoms with Crippen molar-refractivity contribution in [3.8, 4) is 0 Å². The molecule has 102 valence electrons. The largest absolute Gasteiger partial charge is 0.379 e. The summed E-state index contributed by atoms with van der Waals surface area (Å²) in [5.41, 5.74) is 1.09. The molecule has 0 saturated carbocycles. The molecular formula is C14H17BrN2OS. The van der Waals surface area contributed by atoms with Crippen LogP contribution >= 0.6 is 27.3 Å². The second-order valence-electron chi connectivity index (χ2n) is 5.10. The van der Waals surface area contributed by atoms with Crippen LogP contribution in [0.3, 0.4) is 0 Å². The Morgan fingerprint density at radius 3 is 3.11 bits per heavy atom. The molecule has 1 aromatic heterocycles. The number of piperidine rings is 1. The lowest BCUT2D eigenvalue weighted by molar-refractivity contribution is 0.0233. The van der Waals surface area contributed by atoms with E-state index in [1.165, 1.54) is 9.71 Å². The summed E-state index contributed by atoms with van der Waals surface area (Å²) in [5.74, 6) is 0.428. The summed E-state index contributed by atoms with van der Waals surface area (Å²) in [5, 5.41) is 1.22. The highest BCUT2D eigenvalue weighted by atomic mass is 79.9. The van der Waals surface area contributed by atoms with Gasteiger partial charge < -0.3 is 9.64 Å². The van der Waals surface area contributed by atoms with E-state index in [-0.39, 0.29) is 6.10 Å². The fourth-order valence-electron chi connectivity index (χ4n) is 2.67. The number of benzene rings is 1. The molecule has 1 aliphatic rings. The number of hydrogen-bond donors (Lipinski definition) is 0. The minimum Gasteiger partial charge on any atom is -0.379 e. The fourth-order valence-corrected chi connectivity index (χ4v) is 4.15. The number of likely N-dealkylation sites (tertiary alicyclic amines) is 1. The van der Waals surface area contributed by atoms with Crippen molar-refractivity contribution in [3.63, 3.8) is 0 Å². The first kappa shape index (κ1) is 13.5. The quantitative estimate of drug-likeness (QED) is 0.836. The highest BCUT2D eigenvalue weighted by Gasteiger charge is 2.31. The van der Waals surface area contributed by atoms with Gasteiger partial charge in [0.25, 0.3) is 0 Å². The van der Waals surface area contributed by atoms with Crippen molar-refractivity contribution in [1.82, 2.24) is 9.88 Å². The lowest BCUT2D eigenvalue weighted by Gasteiger charge is -2.34. The smallest absolute Gasteiger partial charge is 0.0996 e. The number of fused-ring (bicyclic) bond motifs is 1. The Balaban J connectivity index is 1.94. The van der Waals surface area contributed by atoms with Gasteiger partial charge in [-0.15, -0.1) is 11.3 Å². The van der Waals surface area contributed by atoms with Crippen molar-refractivity contribution in [2.45, 2.75) is 18.4 Å². The number of thiazole rings is 1. The number of aromatic nitrogens is 1. The van der Waals surface area contributed by atoms with Gasteiger partial charge in [0.1, 0.15) is 0 Å². The van der Waals surface area contributed by atoms with E-state index in [1.54, 1.807) is 18.4 Å². The molecule has 5 heteroatoms. The molecule has 0 amide bonds. The van der Waals surface area contributed by atoms with Crippen molar-refractivity contribution < 1.29 is 4.74 Å². The maximum atomic E-state index is 5.66. The van der Waals surface area contributed by atoms with Crippen molar-refractivity contribution >= 4 is 37.5 Å². The normalized spacial score (nSPS) is 25.0. The number of nitrogens with zero attached hydrogens (tertiary/aromatic N) is 2. The average Bonchev–Trinajstić information content (AvgIpc) is 2.81. The third-order valence-corrected chi connectivity index (χ3v) is 5.41. The number of methoxy groups -OCH3 is 1. The van der Waals surface area contributed by atoms with Crippen LogP contribution in [0.15, 0.2) is 22.7 Å². The number of likely N-dealkylation sites (N-methyl/N-ethyl adjacent to an activating group) is 1. The van der Waals surface area contributed by atoms with Crippen LogP contribution in [-0.2, 0) is 4.74 Å². The van der Waals surface area contributed by atoms with Gasteiger partial charge in [-0.1, -0.05) is 15.9 Å². The molecule has 2 aromatic rings. The molecule has 0 spiro atoms. The number of ether oxygens (including phenoxy) is 1. The summed E-state index contributed by atoms with van der Waals surface area (Å²) in [7, 11) is 3.96. The topological polar surface area (TPSA) is 25.4 Å². The van der Waals surface area contributed by atoms with Crippen molar-refractivity contribution in [2.24, 2.45) is 0 Å². The first-order valence-corrected chi connectivity index (χ1v) is 8.05. The molecular weight excluding hydrogens is 324 g/mol. The molecule has 0 radical (unpaired) electrons. The van der Waals surface area contributed by atoms with Crippen LogP contribution in [0.4, 0.5) is 0 Å². The Kier molecular flexibility index (Phi) is 3.89. The van der Waals surface area contributed by atoms with E-state index in [0.29, 0.717) is 5.92 Å². The summed E-state index contributed by atoms with van der Waals surface area (Å²) in [6.07, 6.45) is 1.37. The van der Waals surface area contributed by atoms with Gasteiger partial charge in [0.2, 0.25) is 0 Å². The summed E-state index contributed by atoms with van der Waals surface area (Å²) in [6, 6.07) is 6.30. The lowest BCUT2D eigenvalue weighted by Crippen LogP contribution is -2.41. The second kappa shape index (κ2) is 5.48. The Morgan fingerprint density at radius 1 is 1.47 bits per heavy atom. The highest BCUT2D eigenvalue weighted by Crippen LogP contribution is 2.35. The maximum absolute atomic E-state index is 5.66. The molecule has 0 N–H and O–H groups in total. The standard InChI is InChI=1S/C14H17BrN2OS/c1-17-6-5-10(12(8-17)18-2)14-16-11-7-9(15)3-4-13(11)19-14/h3-4,7,10,12H,5-6,8H2,1-2H3. The Morgan fingerprint density at radius 2 is 2.32 bits per heavy atom. The van der Waals surface area contributed by atoms with E-state index in [0.717, 1.165) is 29.5 Å². The molecule has 0 bridgehead atoms. The molecule has 1 aliphatic heterocycles. The third-order valence-electron chi connectivity index (χ3n) is 3.75. The predicted octanol–water partition coefficient (Wildman–Crippen LogP) is 3.49. The Bertz CT molecular complexity index is 586. The fraction of sp³-hybridized carbons (Fsp3) is 0.500. The summed E-state index contributed by atoms with van der Waals surface area (Å²) < 4.78 is 8.01. The van der Waals surface area contributed by atoms with Crippen LogP contribution in [-0.4, -0.2) is 43.2 Å². The van der Waals surface area contributed by atoms with Gasteiger partial charge in [-0.05, 0) is 38.2 Å². The van der Waals surface area contributed by atoms with Crippen molar-refractivity contribution in [1.29, 1.82) is 0 Å². The number of halogens is 1. The monoisotopic (exact) mass is 340 g/mol. The molecule has 19 heavy (non-hydrogen) atoms. The molecule has 2 heterocycles. The van der Waals surface area contributed by atoms with Gasteiger partial charge in [-0.2, -0.15) is 0 Å². The minimum atomic E-state index is 0.253. The zero-order valence-electron chi connectivity index (χ0n) is 11.1. The molecule has 1 aromatic carbocycles. The third kappa shape index (κ3) is 2.70. The van der Waals surface area contributed by atoms with E-state index in [4.69, 9.17) is 9.72 Å². The SMILES string of the molecule is COC1CN(C)CCC1c1nc2cc(Br)ccc2s1. The zero-order valence-corrected chi connectivity index (χ0v) is 13.5. The van der Waals surface area contributed by atoms with Crippen molar-refractivity contribution in [2.75, 3.05) is 27.2 Å². The van der Waals surface area contributed by atoms with E-state index in [1.807, 2.05) is 0 Å². The molecule has 3 nitrogen and oxygen atoms in total. The van der Waals surface area contributed by atoms with Crippen LogP contribution in [0.2, 0.25) is 0 Å². The molecule has 1 fully saturated rings. The number of rotatable bonds is 2. The summed E-state index contributed by atoms with van der Waals surface area (Å²) >= 11 is 5.31. The maximum Gasteiger partial charge on any atom is 0.0996 e. The van der Waals surface area contributed by atoms with Gasteiger partial charge in [0, 0.05) is 24.0 Å². The van der Waals surface area contributed by atoms with Gasteiger partial charge in [0.15, 0.2) is 0 Å².